The van der Waals surface area contributed by atoms with Gasteiger partial charge in [-0.15, -0.1) is 0 Å². The molecule has 146 valence electrons. The first kappa shape index (κ1) is 21.3. The molecule has 0 spiro atoms. The van der Waals surface area contributed by atoms with Gasteiger partial charge in [-0.2, -0.15) is 0 Å². The van der Waals surface area contributed by atoms with Gasteiger partial charge in [0, 0.05) is 0 Å². The Bertz CT molecular complexity index is 794. The number of hydrogen-bond donors (Lipinski definition) is 1. The quantitative estimate of drug-likeness (QED) is 0.585. The fourth-order valence-corrected chi connectivity index (χ4v) is 3.65. The molecule has 7 nitrogen and oxygen atoms in total. The Morgan fingerprint density at radius 2 is 2.07 bits per heavy atom. The highest BCUT2D eigenvalue weighted by Gasteiger charge is 2.36. The summed E-state index contributed by atoms with van der Waals surface area (Å²) in [5.41, 5.74) is 0.627. The van der Waals surface area contributed by atoms with E-state index in [1.807, 2.05) is 20.8 Å². The third-order valence-corrected chi connectivity index (χ3v) is 5.19. The molecule has 1 aliphatic rings. The van der Waals surface area contributed by atoms with Crippen molar-refractivity contribution in [2.45, 2.75) is 33.3 Å². The van der Waals surface area contributed by atoms with Crippen molar-refractivity contribution in [1.29, 1.82) is 0 Å². The molecule has 1 heterocycles. The lowest BCUT2D eigenvalue weighted by Gasteiger charge is -2.18. The molecule has 1 aromatic carbocycles. The number of benzene rings is 1. The second-order valence-corrected chi connectivity index (χ2v) is 7.61. The summed E-state index contributed by atoms with van der Waals surface area (Å²) in [6, 6.07) is 3.47. The van der Waals surface area contributed by atoms with Crippen LogP contribution in [-0.4, -0.2) is 46.4 Å². The van der Waals surface area contributed by atoms with Gasteiger partial charge in [-0.1, -0.05) is 6.92 Å². The maximum Gasteiger partial charge on any atom is 0.323 e. The van der Waals surface area contributed by atoms with E-state index in [0.29, 0.717) is 44.8 Å². The molecule has 0 unspecified atom stereocenters. The highest BCUT2D eigenvalue weighted by molar-refractivity contribution is 9.10. The van der Waals surface area contributed by atoms with Crippen LogP contribution in [0.1, 0.15) is 32.8 Å². The van der Waals surface area contributed by atoms with Crippen LogP contribution in [0, 0.1) is 0 Å². The van der Waals surface area contributed by atoms with Crippen LogP contribution in [0.3, 0.4) is 0 Å². The van der Waals surface area contributed by atoms with Crippen molar-refractivity contribution in [3.05, 3.63) is 27.1 Å². The van der Waals surface area contributed by atoms with E-state index >= 15 is 0 Å². The molecule has 0 saturated carbocycles. The Balaban J connectivity index is 2.36. The van der Waals surface area contributed by atoms with Crippen LogP contribution in [0.5, 0.6) is 11.5 Å². The molecular formula is C18H20BrNO6S. The average molecular weight is 458 g/mol. The first-order valence-electron chi connectivity index (χ1n) is 8.36. The summed E-state index contributed by atoms with van der Waals surface area (Å²) in [4.78, 5) is 35.8. The lowest BCUT2D eigenvalue weighted by Crippen LogP contribution is -2.33. The highest BCUT2D eigenvalue weighted by Crippen LogP contribution is 2.40. The minimum Gasteiger partial charge on any atom is -0.490 e. The molecule has 2 amide bonds. The van der Waals surface area contributed by atoms with Gasteiger partial charge in [0.25, 0.3) is 11.1 Å². The van der Waals surface area contributed by atoms with E-state index < -0.39 is 23.7 Å². The minimum absolute atomic E-state index is 0.00104. The molecule has 0 aromatic heterocycles. The van der Waals surface area contributed by atoms with E-state index in [2.05, 4.69) is 15.9 Å². The van der Waals surface area contributed by atoms with E-state index in [4.69, 9.17) is 14.6 Å². The Hall–Kier alpha value is -2.00. The van der Waals surface area contributed by atoms with Gasteiger partial charge in [0.1, 0.15) is 6.54 Å². The summed E-state index contributed by atoms with van der Waals surface area (Å²) in [5.74, 6) is -0.779. The van der Waals surface area contributed by atoms with Crippen LogP contribution in [-0.2, 0) is 9.59 Å². The predicted octanol–water partition coefficient (Wildman–Crippen LogP) is 4.15. The standard InChI is InChI=1S/C18H20BrNO6S/c1-4-10(3)26-16-12(19)6-11(7-13(16)25-5-2)8-14-17(23)20(9-15(21)22)18(24)27-14/h6-8,10H,4-5,9H2,1-3H3,(H,21,22)/b14-8+/t10-/m0/s1. The lowest BCUT2D eigenvalue weighted by atomic mass is 10.1. The van der Waals surface area contributed by atoms with Gasteiger partial charge >= 0.3 is 5.97 Å². The fourth-order valence-electron chi connectivity index (χ4n) is 2.26. The van der Waals surface area contributed by atoms with Crippen LogP contribution in [0.2, 0.25) is 0 Å². The lowest BCUT2D eigenvalue weighted by molar-refractivity contribution is -0.140. The van der Waals surface area contributed by atoms with Gasteiger partial charge in [0.05, 0.1) is 22.1 Å². The number of hydrogen-bond acceptors (Lipinski definition) is 6. The third kappa shape index (κ3) is 5.26. The van der Waals surface area contributed by atoms with Crippen molar-refractivity contribution in [2.24, 2.45) is 0 Å². The summed E-state index contributed by atoms with van der Waals surface area (Å²) >= 11 is 4.18. The van der Waals surface area contributed by atoms with Crippen LogP contribution < -0.4 is 9.47 Å². The number of carboxylic acid groups (broad SMARTS) is 1. The Morgan fingerprint density at radius 1 is 1.37 bits per heavy atom. The van der Waals surface area contributed by atoms with Crippen LogP contribution in [0.4, 0.5) is 4.79 Å². The molecule has 0 aliphatic carbocycles. The molecule has 0 bridgehead atoms. The second-order valence-electron chi connectivity index (χ2n) is 5.76. The first-order chi connectivity index (χ1) is 12.8. The van der Waals surface area contributed by atoms with E-state index in [9.17, 15) is 14.4 Å². The largest absolute Gasteiger partial charge is 0.490 e. The van der Waals surface area contributed by atoms with E-state index in [-0.39, 0.29) is 11.0 Å². The van der Waals surface area contributed by atoms with Gasteiger partial charge in [0.15, 0.2) is 11.5 Å². The van der Waals surface area contributed by atoms with Crippen molar-refractivity contribution >= 4 is 50.9 Å². The van der Waals surface area contributed by atoms with E-state index in [0.717, 1.165) is 6.42 Å². The number of carboxylic acids is 1. The molecule has 1 N–H and O–H groups in total. The Morgan fingerprint density at radius 3 is 2.67 bits per heavy atom. The number of ether oxygens (including phenoxy) is 2. The molecule has 2 rings (SSSR count). The third-order valence-electron chi connectivity index (χ3n) is 3.69. The monoisotopic (exact) mass is 457 g/mol. The zero-order valence-corrected chi connectivity index (χ0v) is 17.6. The number of imide groups is 1. The van der Waals surface area contributed by atoms with Gasteiger partial charge < -0.3 is 14.6 Å². The van der Waals surface area contributed by atoms with Crippen LogP contribution >= 0.6 is 27.7 Å². The molecule has 1 saturated heterocycles. The van der Waals surface area contributed by atoms with Crippen molar-refractivity contribution in [3.8, 4) is 11.5 Å². The van der Waals surface area contributed by atoms with E-state index in [1.165, 1.54) is 6.08 Å². The zero-order valence-electron chi connectivity index (χ0n) is 15.2. The molecular weight excluding hydrogens is 438 g/mol. The Kier molecular flexibility index (Phi) is 7.32. The van der Waals surface area contributed by atoms with Crippen LogP contribution in [0.15, 0.2) is 21.5 Å². The fraction of sp³-hybridized carbons (Fsp3) is 0.389. The maximum absolute atomic E-state index is 12.3. The summed E-state index contributed by atoms with van der Waals surface area (Å²) in [6.07, 6.45) is 2.36. The minimum atomic E-state index is -1.24. The topological polar surface area (TPSA) is 93.1 Å². The van der Waals surface area contributed by atoms with Gasteiger partial charge in [-0.3, -0.25) is 19.3 Å². The molecule has 1 aliphatic heterocycles. The predicted molar refractivity (Wildman–Crippen MR) is 106 cm³/mol. The molecule has 1 aromatic rings. The molecule has 1 fully saturated rings. The van der Waals surface area contributed by atoms with E-state index in [1.54, 1.807) is 12.1 Å². The summed E-state index contributed by atoms with van der Waals surface area (Å²) in [6.45, 7) is 5.60. The summed E-state index contributed by atoms with van der Waals surface area (Å²) in [7, 11) is 0. The number of aliphatic carboxylic acids is 1. The van der Waals surface area contributed by atoms with Crippen LogP contribution in [0.25, 0.3) is 6.08 Å². The Labute approximate surface area is 169 Å². The normalized spacial score (nSPS) is 16.7. The number of carbonyl (C=O) groups excluding carboxylic acids is 2. The molecule has 0 radical (unpaired) electrons. The van der Waals surface area contributed by atoms with Crippen molar-refractivity contribution in [2.75, 3.05) is 13.2 Å². The molecule has 9 heteroatoms. The maximum atomic E-state index is 12.3. The van der Waals surface area contributed by atoms with Gasteiger partial charge in [-0.25, -0.2) is 0 Å². The highest BCUT2D eigenvalue weighted by atomic mass is 79.9. The average Bonchev–Trinajstić information content (AvgIpc) is 2.85. The number of halogens is 1. The SMILES string of the molecule is CCOc1cc(/C=C2/SC(=O)N(CC(=O)O)C2=O)cc(Br)c1O[C@@H](C)CC. The number of carbonyl (C=O) groups is 3. The van der Waals surface area contributed by atoms with Gasteiger partial charge in [0.2, 0.25) is 0 Å². The van der Waals surface area contributed by atoms with Crippen molar-refractivity contribution < 1.29 is 29.0 Å². The summed E-state index contributed by atoms with van der Waals surface area (Å²) < 4.78 is 12.2. The summed E-state index contributed by atoms with van der Waals surface area (Å²) in [5, 5.41) is 8.23. The number of amides is 2. The number of thioether (sulfide) groups is 1. The number of rotatable bonds is 8. The van der Waals surface area contributed by atoms with Crippen molar-refractivity contribution in [1.82, 2.24) is 4.90 Å². The molecule has 27 heavy (non-hydrogen) atoms. The van der Waals surface area contributed by atoms with Crippen molar-refractivity contribution in [3.63, 3.8) is 0 Å². The smallest absolute Gasteiger partial charge is 0.323 e. The number of nitrogens with zero attached hydrogens (tertiary/aromatic N) is 1. The first-order valence-corrected chi connectivity index (χ1v) is 9.97. The second kappa shape index (κ2) is 9.27. The van der Waals surface area contributed by atoms with Gasteiger partial charge in [-0.05, 0) is 71.7 Å². The molecule has 1 atom stereocenters. The zero-order chi connectivity index (χ0) is 20.1.